The molecular formula is C65H101N14O22+. The molecule has 1 aromatic heterocycles. The Morgan fingerprint density at radius 2 is 1.17 bits per heavy atom. The van der Waals surface area contributed by atoms with E-state index in [2.05, 4.69) is 54.4 Å². The van der Waals surface area contributed by atoms with Crippen molar-refractivity contribution in [3.63, 3.8) is 0 Å². The second-order valence-electron chi connectivity index (χ2n) is 25.3. The molecule has 2 aromatic rings. The van der Waals surface area contributed by atoms with Gasteiger partial charge in [-0.2, -0.15) is 0 Å². The summed E-state index contributed by atoms with van der Waals surface area (Å²) in [6, 6.07) is 3.43. The maximum Gasteiger partial charge on any atom is 0.326 e. The molecule has 1 fully saturated rings. The van der Waals surface area contributed by atoms with Crippen LogP contribution < -0.4 is 31.3 Å². The van der Waals surface area contributed by atoms with Crippen LogP contribution in [0.15, 0.2) is 53.5 Å². The molecule has 3 heterocycles. The lowest BCUT2D eigenvalue weighted by Crippen LogP contribution is -2.53. The average Bonchev–Trinajstić information content (AvgIpc) is 0.936. The molecule has 13 N–H and O–H groups in total. The number of aromatic nitrogens is 2. The lowest BCUT2D eigenvalue weighted by Gasteiger charge is -2.33. The number of nitrogens with zero attached hydrogens (tertiary/aromatic N) is 9. The van der Waals surface area contributed by atoms with Gasteiger partial charge < -0.3 is 81.5 Å². The van der Waals surface area contributed by atoms with E-state index >= 15 is 0 Å². The summed E-state index contributed by atoms with van der Waals surface area (Å²) < 4.78 is 14.9. The summed E-state index contributed by atoms with van der Waals surface area (Å²) in [6.07, 6.45) is 5.00. The van der Waals surface area contributed by atoms with E-state index in [4.69, 9.17) is 19.7 Å². The summed E-state index contributed by atoms with van der Waals surface area (Å²) in [6.45, 7) is 8.01. The van der Waals surface area contributed by atoms with E-state index in [1.54, 1.807) is 12.0 Å². The molecule has 1 aromatic carbocycles. The summed E-state index contributed by atoms with van der Waals surface area (Å²) in [4.78, 5) is 159. The molecule has 4 rings (SSSR count). The number of benzene rings is 1. The summed E-state index contributed by atoms with van der Waals surface area (Å²) in [5.41, 5.74) is -0.544. The fraction of sp³-hybridized carbons (Fsp3) is 0.646. The highest BCUT2D eigenvalue weighted by Crippen LogP contribution is 2.25. The highest BCUT2D eigenvalue weighted by atomic mass is 16.5. The number of hydrogen-bond donors (Lipinski definition) is 13. The van der Waals surface area contributed by atoms with Gasteiger partial charge in [-0.15, -0.1) is 4.70 Å². The number of rotatable bonds is 47. The summed E-state index contributed by atoms with van der Waals surface area (Å²) in [7, 11) is 3.51. The zero-order valence-electron chi connectivity index (χ0n) is 57.7. The molecule has 0 bridgehead atoms. The first-order valence-electron chi connectivity index (χ1n) is 33.7. The number of ether oxygens (including phenoxy) is 2. The van der Waals surface area contributed by atoms with Crippen LogP contribution in [0, 0.1) is 5.92 Å². The van der Waals surface area contributed by atoms with E-state index in [9.17, 15) is 93.3 Å². The first-order chi connectivity index (χ1) is 48.0. The Balaban J connectivity index is 1.33. The van der Waals surface area contributed by atoms with Crippen molar-refractivity contribution in [2.45, 2.75) is 140 Å². The minimum absolute atomic E-state index is 0.0422. The second-order valence-corrected chi connectivity index (χ2v) is 25.3. The largest absolute Gasteiger partial charge is 0.487 e. The molecule has 1 saturated heterocycles. The van der Waals surface area contributed by atoms with Crippen molar-refractivity contribution >= 4 is 71.5 Å². The van der Waals surface area contributed by atoms with Gasteiger partial charge in [0.2, 0.25) is 17.7 Å². The predicted octanol–water partition coefficient (Wildman–Crippen LogP) is 0.391. The Kier molecular flexibility index (Phi) is 37.3. The molecule has 0 radical (unpaired) electrons. The quantitative estimate of drug-likeness (QED) is 0.0315. The number of carboxylic acid groups (broad SMARTS) is 8. The monoisotopic (exact) mass is 1430 g/mol. The first kappa shape index (κ1) is 84.2. The van der Waals surface area contributed by atoms with E-state index in [-0.39, 0.29) is 82.4 Å². The minimum Gasteiger partial charge on any atom is -0.487 e. The normalized spacial score (nSPS) is 16.6. The van der Waals surface area contributed by atoms with E-state index in [1.807, 2.05) is 45.8 Å². The van der Waals surface area contributed by atoms with E-state index < -0.39 is 116 Å². The van der Waals surface area contributed by atoms with E-state index in [1.165, 1.54) is 17.0 Å². The van der Waals surface area contributed by atoms with Crippen molar-refractivity contribution in [3.8, 4) is 5.75 Å². The number of amides is 5. The number of imidazole rings is 1. The van der Waals surface area contributed by atoms with Crippen LogP contribution in [0.25, 0.3) is 0 Å². The molecule has 2 aliphatic rings. The number of urea groups is 1. The lowest BCUT2D eigenvalue weighted by molar-refractivity contribution is -0.610. The van der Waals surface area contributed by atoms with Gasteiger partial charge >= 0.3 is 53.8 Å². The molecule has 4 unspecified atom stereocenters. The van der Waals surface area contributed by atoms with Crippen molar-refractivity contribution < 1.29 is 113 Å². The van der Waals surface area contributed by atoms with Gasteiger partial charge in [-0.1, -0.05) is 25.5 Å². The minimum atomic E-state index is -2.13. The fourth-order valence-corrected chi connectivity index (χ4v) is 11.8. The van der Waals surface area contributed by atoms with Gasteiger partial charge in [0, 0.05) is 123 Å². The van der Waals surface area contributed by atoms with Crippen LogP contribution in [-0.4, -0.2) is 300 Å². The molecule has 36 nitrogen and oxygen atoms in total. The Hall–Kier alpha value is -9.23. The van der Waals surface area contributed by atoms with Crippen LogP contribution in [0.3, 0.4) is 0 Å². The van der Waals surface area contributed by atoms with Crippen LogP contribution in [0.1, 0.15) is 108 Å². The van der Waals surface area contributed by atoms with Crippen LogP contribution in [0.4, 0.5) is 4.79 Å². The number of carboxylic acids is 8. The SMILES string of the molecule is COCCN1CCN(CC(=O)O)CCN(CC(=O)O)CCN(CC(=O)NCCCC2C(C)C=C(COc3ccc(CN(CCCCCC(=O)NCCCCC(NC(=O)NC(CCC(=O)O)C(=O)O)C(=O)O)Cc4nccn4CC(=O)NC(CC(=O)O)(CC(=O)O)CC(=O)O)cc3)N=[N+]2C)CC1. The number of nitrogens with one attached hydrogen (secondary N) is 5. The molecule has 2 aliphatic heterocycles. The van der Waals surface area contributed by atoms with Crippen molar-refractivity contribution in [1.82, 2.24) is 60.6 Å². The van der Waals surface area contributed by atoms with Gasteiger partial charge in [-0.25, -0.2) is 19.4 Å². The maximum atomic E-state index is 13.5. The third kappa shape index (κ3) is 34.6. The van der Waals surface area contributed by atoms with Gasteiger partial charge in [0.1, 0.15) is 42.5 Å². The Bertz CT molecular complexity index is 3090. The number of azo groups is 2. The Labute approximate surface area is 585 Å². The van der Waals surface area contributed by atoms with E-state index in [0.29, 0.717) is 129 Å². The van der Waals surface area contributed by atoms with Crippen molar-refractivity contribution in [2.75, 3.05) is 126 Å². The number of methoxy groups -OCH3 is 1. The number of carbonyl (C=O) groups is 12. The molecule has 101 heavy (non-hydrogen) atoms. The zero-order chi connectivity index (χ0) is 74.4. The van der Waals surface area contributed by atoms with Gasteiger partial charge in [0.25, 0.3) is 0 Å². The predicted molar refractivity (Wildman–Crippen MR) is 357 cm³/mol. The number of aliphatic carboxylic acids is 8. The molecule has 562 valence electrons. The van der Waals surface area contributed by atoms with Gasteiger partial charge in [0.05, 0.1) is 57.6 Å². The second kappa shape index (κ2) is 44.8. The zero-order valence-corrected chi connectivity index (χ0v) is 57.7. The Morgan fingerprint density at radius 1 is 0.614 bits per heavy atom. The van der Waals surface area contributed by atoms with Gasteiger partial charge in [0.15, 0.2) is 13.1 Å². The lowest BCUT2D eigenvalue weighted by atomic mass is 9.87. The van der Waals surface area contributed by atoms with Crippen molar-refractivity contribution in [1.29, 1.82) is 0 Å². The van der Waals surface area contributed by atoms with Crippen LogP contribution >= 0.6 is 0 Å². The highest BCUT2D eigenvalue weighted by Gasteiger charge is 2.40. The molecule has 0 aliphatic carbocycles. The standard InChI is InChI=1S/C65H100N14O22/c1-45-34-47(72-73(2)51(45)11-9-20-68-54(81)40-75-26-24-74(32-33-100-3)25-27-76(42-60(91)92)30-31-77(29-28-75)43-61(93)94)44-101-48-15-13-46(14-16-48)38-78(39-52-66-21-23-79(52)41-55(82)71-65(35-57(85)86,36-58(87)88)37-59(89)90)22-8-4-5-12-53(80)67-19-7-6-10-49(62(95)96)69-64(99)70-50(63(97)98)17-18-56(83)84/h13-16,21,23,34,45,49-51H,4-12,17-20,22,24-33,35-44H2,1-3H3,(H12-,67,68,69,70,71,80,81,82,83,84,85,86,87,88,89,90,91,92,93,94,95,96,97,98,99)/p+1. The number of hydrogen-bond acceptors (Lipinski definition) is 21. The Morgan fingerprint density at radius 3 is 1.71 bits per heavy atom. The third-order valence-electron chi connectivity index (χ3n) is 17.0. The fourth-order valence-electron chi connectivity index (χ4n) is 11.8. The number of carbonyl (C=O) groups excluding carboxylic acids is 4. The summed E-state index contributed by atoms with van der Waals surface area (Å²) in [5.74, 6) is -10.8. The molecule has 0 saturated carbocycles. The molecule has 36 heteroatoms. The van der Waals surface area contributed by atoms with Crippen LogP contribution in [0.2, 0.25) is 0 Å². The molecule has 0 spiro atoms. The average molecular weight is 1430 g/mol. The maximum absolute atomic E-state index is 13.5. The smallest absolute Gasteiger partial charge is 0.326 e. The molecule has 5 amide bonds. The van der Waals surface area contributed by atoms with Crippen molar-refractivity contribution in [3.05, 3.63) is 59.8 Å². The van der Waals surface area contributed by atoms with Crippen molar-refractivity contribution in [2.24, 2.45) is 11.0 Å². The van der Waals surface area contributed by atoms with E-state index in [0.717, 1.165) is 17.7 Å². The summed E-state index contributed by atoms with van der Waals surface area (Å²) in [5, 5.41) is 93.0. The third-order valence-corrected chi connectivity index (χ3v) is 17.0. The van der Waals surface area contributed by atoms with Crippen LogP contribution in [0.5, 0.6) is 5.75 Å². The number of unbranched alkanes of at least 4 members (excludes halogenated alkanes) is 3. The molecular weight excluding hydrogens is 1330 g/mol. The topological polar surface area (TPSA) is 495 Å². The van der Waals surface area contributed by atoms with Crippen LogP contribution in [-0.2, 0) is 77.1 Å². The summed E-state index contributed by atoms with van der Waals surface area (Å²) >= 11 is 0. The highest BCUT2D eigenvalue weighted by molar-refractivity contribution is 5.86. The van der Waals surface area contributed by atoms with Gasteiger partial charge in [-0.3, -0.25) is 67.7 Å². The van der Waals surface area contributed by atoms with Gasteiger partial charge in [-0.05, 0) is 80.4 Å². The first-order valence-corrected chi connectivity index (χ1v) is 33.7. The molecule has 4 atom stereocenters.